The molecule has 0 aromatic heterocycles. The molecule has 1 fully saturated rings. The van der Waals surface area contributed by atoms with Gasteiger partial charge in [-0.05, 0) is 37.5 Å². The van der Waals surface area contributed by atoms with E-state index in [1.54, 1.807) is 25.1 Å². The number of rotatable bonds is 3. The SMILES string of the molecule is Cc1c(Cl)cccc1NC(=O)C(=O)NC[C@H]1CCCO1. The lowest BCUT2D eigenvalue weighted by Crippen LogP contribution is -2.39. The molecule has 108 valence electrons. The molecule has 2 rings (SSSR count). The summed E-state index contributed by atoms with van der Waals surface area (Å²) in [5, 5.41) is 5.66. The highest BCUT2D eigenvalue weighted by Gasteiger charge is 2.19. The Balaban J connectivity index is 1.87. The molecule has 1 aliphatic heterocycles. The zero-order valence-electron chi connectivity index (χ0n) is 11.2. The van der Waals surface area contributed by atoms with Crippen LogP contribution >= 0.6 is 11.6 Å². The number of carbonyl (C=O) groups excluding carboxylic acids is 2. The highest BCUT2D eigenvalue weighted by molar-refractivity contribution is 6.40. The first-order valence-corrected chi connectivity index (χ1v) is 6.91. The zero-order chi connectivity index (χ0) is 14.5. The number of hydrogen-bond acceptors (Lipinski definition) is 3. The van der Waals surface area contributed by atoms with E-state index in [1.807, 2.05) is 0 Å². The van der Waals surface area contributed by atoms with Crippen LogP contribution in [0.4, 0.5) is 5.69 Å². The van der Waals surface area contributed by atoms with Crippen LogP contribution in [-0.2, 0) is 14.3 Å². The molecule has 0 bridgehead atoms. The maximum absolute atomic E-state index is 11.8. The van der Waals surface area contributed by atoms with Gasteiger partial charge in [-0.1, -0.05) is 17.7 Å². The van der Waals surface area contributed by atoms with Crippen LogP contribution in [0.2, 0.25) is 5.02 Å². The Morgan fingerprint density at radius 2 is 2.20 bits per heavy atom. The number of amides is 2. The average Bonchev–Trinajstić information content (AvgIpc) is 2.94. The normalized spacial score (nSPS) is 17.8. The van der Waals surface area contributed by atoms with Crippen molar-refractivity contribution in [2.45, 2.75) is 25.9 Å². The van der Waals surface area contributed by atoms with E-state index in [2.05, 4.69) is 10.6 Å². The standard InChI is InChI=1S/C14H17ClN2O3/c1-9-11(15)5-2-6-12(9)17-14(19)13(18)16-8-10-4-3-7-20-10/h2,5-6,10H,3-4,7-8H2,1H3,(H,16,18)(H,17,19)/t10-/m1/s1. The van der Waals surface area contributed by atoms with Crippen LogP contribution in [0.3, 0.4) is 0 Å². The molecule has 0 radical (unpaired) electrons. The fraction of sp³-hybridized carbons (Fsp3) is 0.429. The van der Waals surface area contributed by atoms with Gasteiger partial charge in [-0.2, -0.15) is 0 Å². The molecule has 6 heteroatoms. The Labute approximate surface area is 122 Å². The topological polar surface area (TPSA) is 67.4 Å². The first-order valence-electron chi connectivity index (χ1n) is 6.54. The van der Waals surface area contributed by atoms with Crippen LogP contribution in [0.15, 0.2) is 18.2 Å². The highest BCUT2D eigenvalue weighted by atomic mass is 35.5. The summed E-state index contributed by atoms with van der Waals surface area (Å²) in [6.45, 7) is 2.86. The van der Waals surface area contributed by atoms with E-state index in [0.717, 1.165) is 18.4 Å². The van der Waals surface area contributed by atoms with Crippen molar-refractivity contribution in [1.82, 2.24) is 5.32 Å². The van der Waals surface area contributed by atoms with E-state index in [4.69, 9.17) is 16.3 Å². The monoisotopic (exact) mass is 296 g/mol. The quantitative estimate of drug-likeness (QED) is 0.837. The molecular weight excluding hydrogens is 280 g/mol. The molecule has 0 unspecified atom stereocenters. The van der Waals surface area contributed by atoms with Crippen molar-refractivity contribution in [3.05, 3.63) is 28.8 Å². The molecule has 1 aromatic rings. The van der Waals surface area contributed by atoms with Crippen LogP contribution in [-0.4, -0.2) is 31.1 Å². The fourth-order valence-electron chi connectivity index (χ4n) is 2.01. The summed E-state index contributed by atoms with van der Waals surface area (Å²) in [6, 6.07) is 5.14. The van der Waals surface area contributed by atoms with Crippen molar-refractivity contribution in [1.29, 1.82) is 0 Å². The lowest BCUT2D eigenvalue weighted by molar-refractivity contribution is -0.136. The van der Waals surface area contributed by atoms with Crippen LogP contribution < -0.4 is 10.6 Å². The van der Waals surface area contributed by atoms with Crippen molar-refractivity contribution in [3.8, 4) is 0 Å². The van der Waals surface area contributed by atoms with Gasteiger partial charge in [0.1, 0.15) is 0 Å². The van der Waals surface area contributed by atoms with E-state index >= 15 is 0 Å². The second-order valence-corrected chi connectivity index (χ2v) is 5.12. The summed E-state index contributed by atoms with van der Waals surface area (Å²) in [5.74, 6) is -1.37. The third-order valence-corrected chi connectivity index (χ3v) is 3.65. The average molecular weight is 297 g/mol. The van der Waals surface area contributed by atoms with Gasteiger partial charge in [-0.25, -0.2) is 0 Å². The predicted molar refractivity (Wildman–Crippen MR) is 76.8 cm³/mol. The molecule has 2 N–H and O–H groups in total. The molecule has 0 spiro atoms. The molecule has 1 saturated heterocycles. The molecule has 1 aromatic carbocycles. The number of carbonyl (C=O) groups is 2. The molecule has 2 amide bonds. The van der Waals surface area contributed by atoms with Gasteiger partial charge in [0.2, 0.25) is 0 Å². The Morgan fingerprint density at radius 3 is 2.90 bits per heavy atom. The van der Waals surface area contributed by atoms with E-state index in [-0.39, 0.29) is 6.10 Å². The summed E-state index contributed by atoms with van der Waals surface area (Å²) < 4.78 is 5.37. The Bertz CT molecular complexity index is 513. The van der Waals surface area contributed by atoms with E-state index < -0.39 is 11.8 Å². The number of benzene rings is 1. The highest BCUT2D eigenvalue weighted by Crippen LogP contribution is 2.22. The minimum absolute atomic E-state index is 0.0136. The maximum atomic E-state index is 11.8. The van der Waals surface area contributed by atoms with E-state index in [0.29, 0.717) is 23.9 Å². The summed E-state index contributed by atoms with van der Waals surface area (Å²) in [4.78, 5) is 23.5. The third kappa shape index (κ3) is 3.71. The van der Waals surface area contributed by atoms with Crippen LogP contribution in [0.1, 0.15) is 18.4 Å². The summed E-state index contributed by atoms with van der Waals surface area (Å²) >= 11 is 5.96. The smallest absolute Gasteiger partial charge is 0.313 e. The van der Waals surface area contributed by atoms with Crippen LogP contribution in [0, 0.1) is 6.92 Å². The summed E-state index contributed by atoms with van der Waals surface area (Å²) in [6.07, 6.45) is 1.92. The summed E-state index contributed by atoms with van der Waals surface area (Å²) in [7, 11) is 0. The van der Waals surface area contributed by atoms with E-state index in [9.17, 15) is 9.59 Å². The van der Waals surface area contributed by atoms with Crippen molar-refractivity contribution < 1.29 is 14.3 Å². The fourth-order valence-corrected chi connectivity index (χ4v) is 2.19. The van der Waals surface area contributed by atoms with Crippen molar-refractivity contribution >= 4 is 29.1 Å². The zero-order valence-corrected chi connectivity index (χ0v) is 12.0. The third-order valence-electron chi connectivity index (χ3n) is 3.24. The van der Waals surface area contributed by atoms with Crippen LogP contribution in [0.25, 0.3) is 0 Å². The van der Waals surface area contributed by atoms with Crippen LogP contribution in [0.5, 0.6) is 0 Å². The molecule has 1 heterocycles. The van der Waals surface area contributed by atoms with Gasteiger partial charge in [0.25, 0.3) is 0 Å². The Morgan fingerprint density at radius 1 is 1.40 bits per heavy atom. The first-order chi connectivity index (χ1) is 9.58. The van der Waals surface area contributed by atoms with Gasteiger partial charge in [0, 0.05) is 23.9 Å². The number of anilines is 1. The van der Waals surface area contributed by atoms with Gasteiger partial charge in [-0.15, -0.1) is 0 Å². The minimum Gasteiger partial charge on any atom is -0.376 e. The molecule has 1 atom stereocenters. The minimum atomic E-state index is -0.701. The number of hydrogen-bond donors (Lipinski definition) is 2. The maximum Gasteiger partial charge on any atom is 0.313 e. The van der Waals surface area contributed by atoms with Gasteiger partial charge in [-0.3, -0.25) is 9.59 Å². The van der Waals surface area contributed by atoms with Crippen molar-refractivity contribution in [2.75, 3.05) is 18.5 Å². The second-order valence-electron chi connectivity index (χ2n) is 4.71. The number of nitrogens with one attached hydrogen (secondary N) is 2. The van der Waals surface area contributed by atoms with Gasteiger partial charge >= 0.3 is 11.8 Å². The number of halogens is 1. The lowest BCUT2D eigenvalue weighted by Gasteiger charge is -2.12. The summed E-state index contributed by atoms with van der Waals surface area (Å²) in [5.41, 5.74) is 1.27. The molecular formula is C14H17ClN2O3. The van der Waals surface area contributed by atoms with Gasteiger partial charge in [0.15, 0.2) is 0 Å². The Kier molecular flexibility index (Phi) is 4.98. The predicted octanol–water partition coefficient (Wildman–Crippen LogP) is 1.88. The molecule has 5 nitrogen and oxygen atoms in total. The molecule has 0 aliphatic carbocycles. The van der Waals surface area contributed by atoms with Gasteiger partial charge < -0.3 is 15.4 Å². The van der Waals surface area contributed by atoms with E-state index in [1.165, 1.54) is 0 Å². The first kappa shape index (κ1) is 14.8. The molecule has 0 saturated carbocycles. The van der Waals surface area contributed by atoms with Gasteiger partial charge in [0.05, 0.1) is 6.10 Å². The molecule has 1 aliphatic rings. The van der Waals surface area contributed by atoms with Crippen molar-refractivity contribution in [2.24, 2.45) is 0 Å². The second kappa shape index (κ2) is 6.72. The Hall–Kier alpha value is -1.59. The molecule has 20 heavy (non-hydrogen) atoms. The lowest BCUT2D eigenvalue weighted by atomic mass is 10.2. The van der Waals surface area contributed by atoms with Crippen molar-refractivity contribution in [3.63, 3.8) is 0 Å². The largest absolute Gasteiger partial charge is 0.376 e. The number of ether oxygens (including phenoxy) is 1.